The molecular weight excluding hydrogens is 172 g/mol. The van der Waals surface area contributed by atoms with Gasteiger partial charge in [0.25, 0.3) is 0 Å². The summed E-state index contributed by atoms with van der Waals surface area (Å²) in [6.07, 6.45) is 3.93. The predicted octanol–water partition coefficient (Wildman–Crippen LogP) is 3.92. The van der Waals surface area contributed by atoms with Gasteiger partial charge >= 0.3 is 0 Å². The Hall–Kier alpha value is -0.300. The Bertz CT molecular complexity index is 182. The van der Waals surface area contributed by atoms with E-state index in [4.69, 9.17) is 0 Å². The van der Waals surface area contributed by atoms with E-state index in [0.717, 1.165) is 19.3 Å². The molecule has 0 aromatic heterocycles. The molecule has 2 atom stereocenters. The van der Waals surface area contributed by atoms with Gasteiger partial charge in [0.05, 0.1) is 6.10 Å². The minimum absolute atomic E-state index is 0.219. The summed E-state index contributed by atoms with van der Waals surface area (Å²) >= 11 is 0. The van der Waals surface area contributed by atoms with Crippen molar-refractivity contribution < 1.29 is 5.11 Å². The lowest BCUT2D eigenvalue weighted by Gasteiger charge is -2.19. The number of hydrogen-bond donors (Lipinski definition) is 1. The van der Waals surface area contributed by atoms with Crippen molar-refractivity contribution in [2.75, 3.05) is 0 Å². The van der Waals surface area contributed by atoms with Crippen LogP contribution in [0, 0.1) is 5.92 Å². The molecule has 0 bridgehead atoms. The van der Waals surface area contributed by atoms with Crippen LogP contribution < -0.4 is 0 Å². The van der Waals surface area contributed by atoms with E-state index >= 15 is 0 Å². The number of rotatable bonds is 6. The van der Waals surface area contributed by atoms with Crippen molar-refractivity contribution in [2.45, 2.75) is 66.4 Å². The standard InChI is InChI=1S/C13H26O/c1-6-10(4)9-12(11(5)7-2)13(14)8-3/h10,13-14H,6-9H2,1-5H3/b12-11-. The van der Waals surface area contributed by atoms with Crippen molar-refractivity contribution in [3.8, 4) is 0 Å². The molecule has 0 fully saturated rings. The van der Waals surface area contributed by atoms with E-state index in [0.29, 0.717) is 5.92 Å². The third-order valence-corrected chi connectivity index (χ3v) is 3.13. The van der Waals surface area contributed by atoms with Gasteiger partial charge in [-0.15, -0.1) is 0 Å². The zero-order valence-electron chi connectivity index (χ0n) is 10.4. The number of aliphatic hydroxyl groups excluding tert-OH is 1. The Morgan fingerprint density at radius 2 is 1.71 bits per heavy atom. The minimum Gasteiger partial charge on any atom is -0.389 e. The maximum Gasteiger partial charge on any atom is 0.0750 e. The van der Waals surface area contributed by atoms with E-state index < -0.39 is 0 Å². The first-order valence-electron chi connectivity index (χ1n) is 5.93. The Balaban J connectivity index is 4.57. The Morgan fingerprint density at radius 3 is 2.07 bits per heavy atom. The van der Waals surface area contributed by atoms with Crippen molar-refractivity contribution in [3.05, 3.63) is 11.1 Å². The normalized spacial score (nSPS) is 17.6. The fourth-order valence-electron chi connectivity index (χ4n) is 1.59. The molecule has 0 saturated heterocycles. The third kappa shape index (κ3) is 4.28. The first-order valence-corrected chi connectivity index (χ1v) is 5.93. The summed E-state index contributed by atoms with van der Waals surface area (Å²) in [5.41, 5.74) is 2.66. The van der Waals surface area contributed by atoms with Crippen molar-refractivity contribution in [2.24, 2.45) is 5.92 Å². The molecule has 0 aliphatic rings. The second kappa shape index (κ2) is 7.05. The van der Waals surface area contributed by atoms with E-state index in [1.54, 1.807) is 0 Å². The van der Waals surface area contributed by atoms with Gasteiger partial charge in [-0.3, -0.25) is 0 Å². The van der Waals surface area contributed by atoms with Gasteiger partial charge in [-0.1, -0.05) is 39.7 Å². The van der Waals surface area contributed by atoms with Crippen LogP contribution in [-0.4, -0.2) is 11.2 Å². The SMILES string of the molecule is CC/C(C)=C(/CC(C)CC)C(O)CC. The lowest BCUT2D eigenvalue weighted by molar-refractivity contribution is 0.197. The van der Waals surface area contributed by atoms with Gasteiger partial charge in [0.1, 0.15) is 0 Å². The summed E-state index contributed by atoms with van der Waals surface area (Å²) < 4.78 is 0. The summed E-state index contributed by atoms with van der Waals surface area (Å²) in [6, 6.07) is 0. The summed E-state index contributed by atoms with van der Waals surface area (Å²) in [5, 5.41) is 9.91. The molecule has 1 nitrogen and oxygen atoms in total. The molecular formula is C13H26O. The van der Waals surface area contributed by atoms with Crippen LogP contribution in [0.2, 0.25) is 0 Å². The van der Waals surface area contributed by atoms with E-state index in [1.165, 1.54) is 17.6 Å². The summed E-state index contributed by atoms with van der Waals surface area (Å²) in [7, 11) is 0. The highest BCUT2D eigenvalue weighted by atomic mass is 16.3. The largest absolute Gasteiger partial charge is 0.389 e. The molecule has 0 aromatic carbocycles. The van der Waals surface area contributed by atoms with Crippen molar-refractivity contribution >= 4 is 0 Å². The van der Waals surface area contributed by atoms with Gasteiger partial charge < -0.3 is 5.11 Å². The van der Waals surface area contributed by atoms with Gasteiger partial charge in [0, 0.05) is 0 Å². The zero-order chi connectivity index (χ0) is 11.1. The monoisotopic (exact) mass is 198 g/mol. The quantitative estimate of drug-likeness (QED) is 0.641. The Labute approximate surface area is 89.2 Å². The predicted molar refractivity (Wildman–Crippen MR) is 63.4 cm³/mol. The fraction of sp³-hybridized carbons (Fsp3) is 0.846. The topological polar surface area (TPSA) is 20.2 Å². The van der Waals surface area contributed by atoms with E-state index in [9.17, 15) is 5.11 Å². The van der Waals surface area contributed by atoms with Gasteiger partial charge in [0.2, 0.25) is 0 Å². The van der Waals surface area contributed by atoms with Crippen LogP contribution in [0.25, 0.3) is 0 Å². The fourth-order valence-corrected chi connectivity index (χ4v) is 1.59. The lowest BCUT2D eigenvalue weighted by Crippen LogP contribution is -2.13. The Kier molecular flexibility index (Phi) is 6.90. The molecule has 0 aromatic rings. The maximum absolute atomic E-state index is 9.91. The zero-order valence-corrected chi connectivity index (χ0v) is 10.4. The van der Waals surface area contributed by atoms with Gasteiger partial charge in [0.15, 0.2) is 0 Å². The average Bonchev–Trinajstić information content (AvgIpc) is 2.23. The summed E-state index contributed by atoms with van der Waals surface area (Å²) in [4.78, 5) is 0. The molecule has 0 aliphatic carbocycles. The molecule has 14 heavy (non-hydrogen) atoms. The molecule has 1 heteroatoms. The van der Waals surface area contributed by atoms with Gasteiger partial charge in [-0.2, -0.15) is 0 Å². The number of allylic oxidation sites excluding steroid dienone is 1. The van der Waals surface area contributed by atoms with Crippen molar-refractivity contribution in [1.29, 1.82) is 0 Å². The first-order chi connectivity index (χ1) is 6.56. The maximum atomic E-state index is 9.91. The minimum atomic E-state index is -0.219. The van der Waals surface area contributed by atoms with Crippen LogP contribution in [0.5, 0.6) is 0 Å². The van der Waals surface area contributed by atoms with Crippen LogP contribution in [0.15, 0.2) is 11.1 Å². The molecule has 0 saturated carbocycles. The van der Waals surface area contributed by atoms with Crippen LogP contribution >= 0.6 is 0 Å². The highest BCUT2D eigenvalue weighted by Gasteiger charge is 2.13. The molecule has 1 N–H and O–H groups in total. The summed E-state index contributed by atoms with van der Waals surface area (Å²) in [5.74, 6) is 0.688. The highest BCUT2D eigenvalue weighted by Crippen LogP contribution is 2.23. The van der Waals surface area contributed by atoms with Gasteiger partial charge in [-0.05, 0) is 37.7 Å². The lowest BCUT2D eigenvalue weighted by atomic mass is 9.90. The van der Waals surface area contributed by atoms with Crippen LogP contribution in [0.1, 0.15) is 60.3 Å². The average molecular weight is 198 g/mol. The molecule has 0 spiro atoms. The molecule has 84 valence electrons. The number of hydrogen-bond acceptors (Lipinski definition) is 1. The Morgan fingerprint density at radius 1 is 1.14 bits per heavy atom. The van der Waals surface area contributed by atoms with E-state index in [2.05, 4.69) is 27.7 Å². The second-order valence-electron chi connectivity index (χ2n) is 4.30. The molecule has 0 amide bonds. The molecule has 2 unspecified atom stereocenters. The molecule has 0 radical (unpaired) electrons. The second-order valence-corrected chi connectivity index (χ2v) is 4.30. The highest BCUT2D eigenvalue weighted by molar-refractivity contribution is 5.16. The van der Waals surface area contributed by atoms with E-state index in [1.807, 2.05) is 6.92 Å². The van der Waals surface area contributed by atoms with E-state index in [-0.39, 0.29) is 6.10 Å². The molecule has 0 heterocycles. The summed E-state index contributed by atoms with van der Waals surface area (Å²) in [6.45, 7) is 10.8. The smallest absolute Gasteiger partial charge is 0.0750 e. The van der Waals surface area contributed by atoms with Crippen LogP contribution in [0.3, 0.4) is 0 Å². The van der Waals surface area contributed by atoms with Crippen molar-refractivity contribution in [3.63, 3.8) is 0 Å². The molecule has 0 rings (SSSR count). The van der Waals surface area contributed by atoms with Crippen molar-refractivity contribution in [1.82, 2.24) is 0 Å². The van der Waals surface area contributed by atoms with Crippen LogP contribution in [0.4, 0.5) is 0 Å². The van der Waals surface area contributed by atoms with Crippen LogP contribution in [-0.2, 0) is 0 Å². The number of aliphatic hydroxyl groups is 1. The molecule has 0 aliphatic heterocycles. The third-order valence-electron chi connectivity index (χ3n) is 3.13. The van der Waals surface area contributed by atoms with Gasteiger partial charge in [-0.25, -0.2) is 0 Å². The first kappa shape index (κ1) is 13.7.